The van der Waals surface area contributed by atoms with Gasteiger partial charge in [0.25, 0.3) is 0 Å². The number of rotatable bonds is 3. The van der Waals surface area contributed by atoms with Crippen LogP contribution in [0.3, 0.4) is 0 Å². The van der Waals surface area contributed by atoms with Gasteiger partial charge >= 0.3 is 0 Å². The van der Waals surface area contributed by atoms with Crippen LogP contribution < -0.4 is 0 Å². The number of aromatic nitrogens is 1. The molecule has 0 aliphatic carbocycles. The summed E-state index contributed by atoms with van der Waals surface area (Å²) in [5, 5.41) is 18.5. The van der Waals surface area contributed by atoms with Crippen molar-refractivity contribution in [3.8, 4) is 23.4 Å². The van der Waals surface area contributed by atoms with Crippen LogP contribution in [0.5, 0.6) is 0 Å². The van der Waals surface area contributed by atoms with Crippen LogP contribution in [0.2, 0.25) is 0 Å². The van der Waals surface area contributed by atoms with Crippen LogP contribution in [0.4, 0.5) is 0 Å². The van der Waals surface area contributed by atoms with Crippen LogP contribution in [0.15, 0.2) is 39.8 Å². The van der Waals surface area contributed by atoms with Gasteiger partial charge in [0.2, 0.25) is 0 Å². The van der Waals surface area contributed by atoms with Crippen LogP contribution in [-0.4, -0.2) is 10.7 Å². The summed E-state index contributed by atoms with van der Waals surface area (Å²) in [5.41, 5.74) is 3.22. The largest absolute Gasteiger partial charge is 0.240 e. The molecule has 0 amide bonds. The van der Waals surface area contributed by atoms with E-state index in [1.54, 1.807) is 0 Å². The van der Waals surface area contributed by atoms with E-state index in [-0.39, 0.29) is 5.75 Å². The molecule has 0 N–H and O–H groups in total. The summed E-state index contributed by atoms with van der Waals surface area (Å²) in [4.78, 5) is 4.52. The number of pyridine rings is 1. The number of halogens is 1. The average molecular weight is 344 g/mol. The van der Waals surface area contributed by atoms with E-state index < -0.39 is 0 Å². The highest BCUT2D eigenvalue weighted by molar-refractivity contribution is 9.10. The van der Waals surface area contributed by atoms with Crippen molar-refractivity contribution < 1.29 is 0 Å². The van der Waals surface area contributed by atoms with E-state index in [2.05, 4.69) is 33.1 Å². The van der Waals surface area contributed by atoms with Gasteiger partial charge in [0.05, 0.1) is 23.1 Å². The summed E-state index contributed by atoms with van der Waals surface area (Å²) in [7, 11) is 0. The van der Waals surface area contributed by atoms with Crippen molar-refractivity contribution in [3.05, 3.63) is 45.9 Å². The van der Waals surface area contributed by atoms with Gasteiger partial charge in [0, 0.05) is 10.0 Å². The van der Waals surface area contributed by atoms with Crippen LogP contribution in [0.25, 0.3) is 11.3 Å². The van der Waals surface area contributed by atoms with Crippen molar-refractivity contribution in [1.82, 2.24) is 4.98 Å². The van der Waals surface area contributed by atoms with E-state index in [0.717, 1.165) is 21.3 Å². The van der Waals surface area contributed by atoms with E-state index in [1.165, 1.54) is 11.8 Å². The quantitative estimate of drug-likeness (QED) is 0.779. The van der Waals surface area contributed by atoms with Crippen LogP contribution in [0.1, 0.15) is 11.1 Å². The van der Waals surface area contributed by atoms with E-state index >= 15 is 0 Å². The molecule has 0 aliphatic rings. The average Bonchev–Trinajstić information content (AvgIpc) is 2.45. The summed E-state index contributed by atoms with van der Waals surface area (Å²) >= 11 is 4.69. The highest BCUT2D eigenvalue weighted by Gasteiger charge is 2.11. The lowest BCUT2D eigenvalue weighted by Crippen LogP contribution is -1.95. The number of aryl methyl sites for hydroxylation is 1. The Morgan fingerprint density at radius 1 is 1.25 bits per heavy atom. The maximum atomic E-state index is 9.20. The first kappa shape index (κ1) is 14.6. The predicted molar refractivity (Wildman–Crippen MR) is 83.2 cm³/mol. The fourth-order valence-electron chi connectivity index (χ4n) is 1.75. The maximum absolute atomic E-state index is 9.20. The zero-order chi connectivity index (χ0) is 14.5. The second kappa shape index (κ2) is 6.56. The summed E-state index contributed by atoms with van der Waals surface area (Å²) in [5.74, 6) is 0.283. The molecule has 20 heavy (non-hydrogen) atoms. The molecule has 1 heterocycles. The molecule has 2 rings (SSSR count). The van der Waals surface area contributed by atoms with E-state index in [0.29, 0.717) is 10.6 Å². The number of hydrogen-bond donors (Lipinski definition) is 0. The molecule has 0 spiro atoms. The van der Waals surface area contributed by atoms with Gasteiger partial charge < -0.3 is 0 Å². The minimum Gasteiger partial charge on any atom is -0.240 e. The highest BCUT2D eigenvalue weighted by Crippen LogP contribution is 2.28. The Hall–Kier alpha value is -1.82. The lowest BCUT2D eigenvalue weighted by Gasteiger charge is -2.08. The Bertz CT molecular complexity index is 712. The first-order valence-electron chi connectivity index (χ1n) is 5.83. The van der Waals surface area contributed by atoms with Gasteiger partial charge in [-0.2, -0.15) is 10.5 Å². The molecule has 0 bridgehead atoms. The van der Waals surface area contributed by atoms with Gasteiger partial charge in [0.15, 0.2) is 0 Å². The fourth-order valence-corrected chi connectivity index (χ4v) is 2.73. The van der Waals surface area contributed by atoms with Crippen molar-refractivity contribution in [2.24, 2.45) is 0 Å². The minimum atomic E-state index is 0.283. The summed E-state index contributed by atoms with van der Waals surface area (Å²) < 4.78 is 1.01. The molecule has 0 fully saturated rings. The van der Waals surface area contributed by atoms with E-state index in [1.807, 2.05) is 37.3 Å². The summed E-state index contributed by atoms with van der Waals surface area (Å²) in [6.45, 7) is 1.89. The Morgan fingerprint density at radius 3 is 2.55 bits per heavy atom. The summed E-state index contributed by atoms with van der Waals surface area (Å²) in [6, 6.07) is 14.0. The Balaban J connectivity index is 2.50. The molecule has 2 aromatic rings. The van der Waals surface area contributed by atoms with Crippen molar-refractivity contribution in [2.75, 3.05) is 5.75 Å². The monoisotopic (exact) mass is 343 g/mol. The third kappa shape index (κ3) is 3.19. The van der Waals surface area contributed by atoms with E-state index in [9.17, 15) is 5.26 Å². The number of nitrogens with zero attached hydrogens (tertiary/aromatic N) is 3. The third-order valence-electron chi connectivity index (χ3n) is 2.71. The molecule has 0 saturated heterocycles. The maximum Gasteiger partial charge on any atom is 0.116 e. The molecular formula is C15H10BrN3S. The fraction of sp³-hybridized carbons (Fsp3) is 0.133. The van der Waals surface area contributed by atoms with Crippen LogP contribution in [-0.2, 0) is 0 Å². The molecule has 1 aromatic carbocycles. The number of hydrogen-bond acceptors (Lipinski definition) is 4. The van der Waals surface area contributed by atoms with Gasteiger partial charge in [-0.05, 0) is 30.7 Å². The molecule has 0 atom stereocenters. The normalized spacial score (nSPS) is 9.80. The van der Waals surface area contributed by atoms with Crippen LogP contribution in [0, 0.1) is 29.6 Å². The molecule has 0 unspecified atom stereocenters. The molecule has 98 valence electrons. The van der Waals surface area contributed by atoms with Crippen molar-refractivity contribution in [2.45, 2.75) is 11.9 Å². The smallest absolute Gasteiger partial charge is 0.116 e. The standard InChI is InChI=1S/C15H10BrN3S/c1-10-8-14(11-2-4-12(16)5-3-11)19-15(13(10)9-18)20-7-6-17/h2-5,8H,7H2,1H3. The molecule has 0 saturated carbocycles. The molecular weight excluding hydrogens is 334 g/mol. The van der Waals surface area contributed by atoms with Crippen molar-refractivity contribution >= 4 is 27.7 Å². The van der Waals surface area contributed by atoms with Gasteiger partial charge in [-0.3, -0.25) is 0 Å². The third-order valence-corrected chi connectivity index (χ3v) is 4.08. The second-order valence-electron chi connectivity index (χ2n) is 4.07. The zero-order valence-corrected chi connectivity index (χ0v) is 13.1. The molecule has 0 radical (unpaired) electrons. The number of nitriles is 2. The van der Waals surface area contributed by atoms with Gasteiger partial charge in [-0.1, -0.05) is 39.8 Å². The lowest BCUT2D eigenvalue weighted by atomic mass is 10.1. The predicted octanol–water partition coefficient (Wildman–Crippen LogP) is 4.31. The number of benzene rings is 1. The SMILES string of the molecule is Cc1cc(-c2ccc(Br)cc2)nc(SCC#N)c1C#N. The first-order chi connectivity index (χ1) is 9.65. The van der Waals surface area contributed by atoms with Crippen molar-refractivity contribution in [1.29, 1.82) is 10.5 Å². The van der Waals surface area contributed by atoms with Gasteiger partial charge in [0.1, 0.15) is 11.1 Å². The number of thioether (sulfide) groups is 1. The van der Waals surface area contributed by atoms with Crippen LogP contribution >= 0.6 is 27.7 Å². The second-order valence-corrected chi connectivity index (χ2v) is 5.95. The highest BCUT2D eigenvalue weighted by atomic mass is 79.9. The zero-order valence-electron chi connectivity index (χ0n) is 10.7. The Labute approximate surface area is 130 Å². The molecule has 1 aromatic heterocycles. The van der Waals surface area contributed by atoms with Gasteiger partial charge in [-0.15, -0.1) is 0 Å². The first-order valence-corrected chi connectivity index (χ1v) is 7.61. The van der Waals surface area contributed by atoms with Crippen molar-refractivity contribution in [3.63, 3.8) is 0 Å². The molecule has 3 nitrogen and oxygen atoms in total. The molecule has 5 heteroatoms. The summed E-state index contributed by atoms with van der Waals surface area (Å²) in [6.07, 6.45) is 0. The Kier molecular flexibility index (Phi) is 4.79. The van der Waals surface area contributed by atoms with E-state index in [4.69, 9.17) is 5.26 Å². The molecule has 0 aliphatic heterocycles. The topological polar surface area (TPSA) is 60.5 Å². The lowest BCUT2D eigenvalue weighted by molar-refractivity contribution is 1.09. The Morgan fingerprint density at radius 2 is 1.95 bits per heavy atom. The van der Waals surface area contributed by atoms with Gasteiger partial charge in [-0.25, -0.2) is 4.98 Å². The minimum absolute atomic E-state index is 0.283.